The van der Waals surface area contributed by atoms with Gasteiger partial charge in [0.05, 0.1) is 6.33 Å². The third kappa shape index (κ3) is 3.67. The number of carboxylic acids is 1. The number of phenolic OH excluding ortho intramolecular Hbond substituents is 1. The summed E-state index contributed by atoms with van der Waals surface area (Å²) in [7, 11) is 0. The van der Waals surface area contributed by atoms with Crippen LogP contribution in [0.5, 0.6) is 5.75 Å². The first kappa shape index (κ1) is 14.3. The van der Waals surface area contributed by atoms with Gasteiger partial charge >= 0.3 is 5.97 Å². The van der Waals surface area contributed by atoms with Crippen molar-refractivity contribution in [1.29, 1.82) is 0 Å². The summed E-state index contributed by atoms with van der Waals surface area (Å²) in [5, 5.41) is 18.8. The van der Waals surface area contributed by atoms with Gasteiger partial charge in [-0.15, -0.1) is 0 Å². The molecule has 0 bridgehead atoms. The number of benzene rings is 1. The number of H-pyrrole nitrogens is 1. The molecule has 0 aliphatic rings. The number of aliphatic carboxylic acids is 1. The first-order valence-corrected chi connectivity index (χ1v) is 6.57. The van der Waals surface area contributed by atoms with Crippen LogP contribution in [0, 0.1) is 0 Å². The molecule has 0 fully saturated rings. The van der Waals surface area contributed by atoms with E-state index in [4.69, 9.17) is 5.11 Å². The quantitative estimate of drug-likeness (QED) is 0.726. The van der Waals surface area contributed by atoms with Gasteiger partial charge in [0.25, 0.3) is 0 Å². The second kappa shape index (κ2) is 6.33. The van der Waals surface area contributed by atoms with Gasteiger partial charge < -0.3 is 15.2 Å². The van der Waals surface area contributed by atoms with E-state index in [1.165, 1.54) is 18.6 Å². The number of aliphatic imine (C=N–C) groups is 1. The molecule has 20 heavy (non-hydrogen) atoms. The molecule has 0 saturated carbocycles. The van der Waals surface area contributed by atoms with E-state index in [0.29, 0.717) is 11.3 Å². The Hall–Kier alpha value is -2.15. The summed E-state index contributed by atoms with van der Waals surface area (Å²) >= 11 is 3.28. The maximum atomic E-state index is 11.2. The van der Waals surface area contributed by atoms with E-state index in [2.05, 4.69) is 30.9 Å². The monoisotopic (exact) mass is 337 g/mol. The standard InChI is InChI=1S/C13H12BrN3O3/c14-9-1-2-12(18)8(3-9)5-16-11(13(19)20)4-10-6-15-7-17-10/h1-3,5-7,11,18H,4H2,(H,15,17)(H,19,20)/t11-/m0/s1. The highest BCUT2D eigenvalue weighted by Gasteiger charge is 2.16. The van der Waals surface area contributed by atoms with Crippen LogP contribution in [0.25, 0.3) is 0 Å². The number of rotatable bonds is 5. The molecular weight excluding hydrogens is 326 g/mol. The first-order chi connectivity index (χ1) is 9.56. The third-order valence-corrected chi connectivity index (χ3v) is 3.13. The van der Waals surface area contributed by atoms with Crippen molar-refractivity contribution in [3.63, 3.8) is 0 Å². The summed E-state index contributed by atoms with van der Waals surface area (Å²) in [6.45, 7) is 0. The number of hydrogen-bond donors (Lipinski definition) is 3. The van der Waals surface area contributed by atoms with Crippen molar-refractivity contribution in [2.24, 2.45) is 4.99 Å². The minimum atomic E-state index is -1.04. The fraction of sp³-hybridized carbons (Fsp3) is 0.154. The van der Waals surface area contributed by atoms with Crippen LogP contribution in [0.4, 0.5) is 0 Å². The SMILES string of the molecule is O=C(O)[C@H](Cc1cnc[nH]1)N=Cc1cc(Br)ccc1O. The zero-order valence-electron chi connectivity index (χ0n) is 10.3. The van der Waals surface area contributed by atoms with Crippen LogP contribution in [0.3, 0.4) is 0 Å². The largest absolute Gasteiger partial charge is 0.507 e. The van der Waals surface area contributed by atoms with Crippen LogP contribution in [-0.2, 0) is 11.2 Å². The van der Waals surface area contributed by atoms with Crippen molar-refractivity contribution in [3.8, 4) is 5.75 Å². The zero-order chi connectivity index (χ0) is 14.5. The van der Waals surface area contributed by atoms with E-state index in [0.717, 1.165) is 4.47 Å². The van der Waals surface area contributed by atoms with Gasteiger partial charge in [-0.1, -0.05) is 15.9 Å². The molecule has 2 rings (SSSR count). The second-order valence-corrected chi connectivity index (χ2v) is 5.03. The molecule has 0 aliphatic heterocycles. The molecule has 0 saturated heterocycles. The van der Waals surface area contributed by atoms with E-state index in [9.17, 15) is 9.90 Å². The summed E-state index contributed by atoms with van der Waals surface area (Å²) in [6, 6.07) is 3.92. The highest BCUT2D eigenvalue weighted by Crippen LogP contribution is 2.20. The molecule has 0 aliphatic carbocycles. The summed E-state index contributed by atoms with van der Waals surface area (Å²) in [5.41, 5.74) is 1.14. The highest BCUT2D eigenvalue weighted by molar-refractivity contribution is 9.10. The van der Waals surface area contributed by atoms with Gasteiger partial charge in [-0.25, -0.2) is 9.78 Å². The Morgan fingerprint density at radius 1 is 1.55 bits per heavy atom. The Bertz CT molecular complexity index is 626. The maximum Gasteiger partial charge on any atom is 0.328 e. The lowest BCUT2D eigenvalue weighted by atomic mass is 10.1. The maximum absolute atomic E-state index is 11.2. The molecule has 1 aromatic carbocycles. The Morgan fingerprint density at radius 3 is 3.00 bits per heavy atom. The van der Waals surface area contributed by atoms with Gasteiger partial charge in [0.15, 0.2) is 6.04 Å². The van der Waals surface area contributed by atoms with Crippen molar-refractivity contribution < 1.29 is 15.0 Å². The molecule has 1 heterocycles. The predicted octanol–water partition coefficient (Wildman–Crippen LogP) is 1.99. The summed E-state index contributed by atoms with van der Waals surface area (Å²) in [5.74, 6) is -0.993. The fourth-order valence-corrected chi connectivity index (χ4v) is 1.99. The van der Waals surface area contributed by atoms with Crippen LogP contribution in [0.1, 0.15) is 11.3 Å². The number of aromatic nitrogens is 2. The van der Waals surface area contributed by atoms with E-state index < -0.39 is 12.0 Å². The first-order valence-electron chi connectivity index (χ1n) is 5.78. The number of imidazole rings is 1. The molecule has 1 aromatic heterocycles. The zero-order valence-corrected chi connectivity index (χ0v) is 11.9. The predicted molar refractivity (Wildman–Crippen MR) is 77.1 cm³/mol. The molecule has 104 valence electrons. The lowest BCUT2D eigenvalue weighted by Crippen LogP contribution is -2.21. The van der Waals surface area contributed by atoms with Gasteiger partial charge in [-0.3, -0.25) is 4.99 Å². The second-order valence-electron chi connectivity index (χ2n) is 4.12. The molecule has 0 unspecified atom stereocenters. The number of carbonyl (C=O) groups is 1. The Morgan fingerprint density at radius 2 is 2.35 bits per heavy atom. The van der Waals surface area contributed by atoms with E-state index >= 15 is 0 Å². The van der Waals surface area contributed by atoms with Crippen molar-refractivity contribution in [2.45, 2.75) is 12.5 Å². The smallest absolute Gasteiger partial charge is 0.328 e. The van der Waals surface area contributed by atoms with E-state index in [-0.39, 0.29) is 12.2 Å². The van der Waals surface area contributed by atoms with Crippen molar-refractivity contribution in [3.05, 3.63) is 46.5 Å². The van der Waals surface area contributed by atoms with Crippen molar-refractivity contribution in [2.75, 3.05) is 0 Å². The van der Waals surface area contributed by atoms with Crippen LogP contribution < -0.4 is 0 Å². The number of carboxylic acid groups (broad SMARTS) is 1. The minimum Gasteiger partial charge on any atom is -0.507 e. The van der Waals surface area contributed by atoms with E-state index in [1.807, 2.05) is 0 Å². The van der Waals surface area contributed by atoms with Crippen molar-refractivity contribution in [1.82, 2.24) is 9.97 Å². The number of phenols is 1. The molecule has 0 amide bonds. The minimum absolute atomic E-state index is 0.0441. The van der Waals surface area contributed by atoms with E-state index in [1.54, 1.807) is 18.3 Å². The average molecular weight is 338 g/mol. The summed E-state index contributed by atoms with van der Waals surface area (Å²) in [6.07, 6.45) is 4.61. The van der Waals surface area contributed by atoms with Crippen LogP contribution in [0.15, 0.2) is 40.2 Å². The van der Waals surface area contributed by atoms with Gasteiger partial charge in [0, 0.05) is 34.6 Å². The van der Waals surface area contributed by atoms with Gasteiger partial charge in [-0.2, -0.15) is 0 Å². The number of hydrogen-bond acceptors (Lipinski definition) is 4. The third-order valence-electron chi connectivity index (χ3n) is 2.64. The Kier molecular flexibility index (Phi) is 4.52. The van der Waals surface area contributed by atoms with Crippen molar-refractivity contribution >= 4 is 28.1 Å². The Labute approximate surface area is 123 Å². The van der Waals surface area contributed by atoms with Crippen LogP contribution >= 0.6 is 15.9 Å². The van der Waals surface area contributed by atoms with Gasteiger partial charge in [0.1, 0.15) is 5.75 Å². The highest BCUT2D eigenvalue weighted by atomic mass is 79.9. The summed E-state index contributed by atoms with van der Waals surface area (Å²) < 4.78 is 0.775. The number of nitrogens with zero attached hydrogens (tertiary/aromatic N) is 2. The van der Waals surface area contributed by atoms with Gasteiger partial charge in [0.2, 0.25) is 0 Å². The number of halogens is 1. The normalized spacial score (nSPS) is 12.7. The molecule has 2 aromatic rings. The lowest BCUT2D eigenvalue weighted by molar-refractivity contribution is -0.138. The fourth-order valence-electron chi connectivity index (χ4n) is 1.61. The van der Waals surface area contributed by atoms with Crippen LogP contribution in [-0.4, -0.2) is 38.4 Å². The average Bonchev–Trinajstić information content (AvgIpc) is 2.90. The Balaban J connectivity index is 2.17. The molecule has 7 heteroatoms. The number of aromatic amines is 1. The van der Waals surface area contributed by atoms with Gasteiger partial charge in [-0.05, 0) is 18.2 Å². The summed E-state index contributed by atoms with van der Waals surface area (Å²) in [4.78, 5) is 21.9. The lowest BCUT2D eigenvalue weighted by Gasteiger charge is -2.06. The number of nitrogens with one attached hydrogen (secondary N) is 1. The van der Waals surface area contributed by atoms with Crippen LogP contribution in [0.2, 0.25) is 0 Å². The molecule has 0 radical (unpaired) electrons. The molecular formula is C13H12BrN3O3. The molecule has 0 spiro atoms. The number of aromatic hydroxyl groups is 1. The molecule has 3 N–H and O–H groups in total. The molecule has 6 nitrogen and oxygen atoms in total. The molecule has 1 atom stereocenters. The topological polar surface area (TPSA) is 98.6 Å².